The number of carbonyl (C=O) groups excluding carboxylic acids is 2. The number of rotatable bonds is 5. The van der Waals surface area contributed by atoms with E-state index in [0.717, 1.165) is 20.7 Å². The van der Waals surface area contributed by atoms with Crippen LogP contribution in [0.1, 0.15) is 4.88 Å². The van der Waals surface area contributed by atoms with Crippen molar-refractivity contribution < 1.29 is 9.59 Å². The number of hydrogen-bond donors (Lipinski definition) is 1. The number of amides is 2. The van der Waals surface area contributed by atoms with Crippen LogP contribution in [0, 0.1) is 0 Å². The minimum Gasteiger partial charge on any atom is -0.378 e. The molecular formula is C22H18BrN3O2S. The fraction of sp³-hybridized carbons (Fsp3) is 0.0909. The molecule has 0 saturated carbocycles. The van der Waals surface area contributed by atoms with E-state index in [4.69, 9.17) is 0 Å². The predicted octanol–water partition coefficient (Wildman–Crippen LogP) is 4.97. The van der Waals surface area contributed by atoms with Crippen LogP contribution < -0.4 is 15.1 Å². The zero-order chi connectivity index (χ0) is 20.5. The fourth-order valence-corrected chi connectivity index (χ4v) is 4.32. The normalized spacial score (nSPS) is 14.0. The van der Waals surface area contributed by atoms with Crippen LogP contribution >= 0.6 is 27.3 Å². The fourth-order valence-electron chi connectivity index (χ4n) is 3.15. The second-order valence-corrected chi connectivity index (χ2v) is 8.59. The van der Waals surface area contributed by atoms with Gasteiger partial charge in [0.15, 0.2) is 0 Å². The first kappa shape index (κ1) is 19.4. The summed E-state index contributed by atoms with van der Waals surface area (Å²) in [6.07, 6.45) is 0. The van der Waals surface area contributed by atoms with Gasteiger partial charge in [0, 0.05) is 34.8 Å². The lowest BCUT2D eigenvalue weighted by Gasteiger charge is -2.19. The van der Waals surface area contributed by atoms with E-state index in [9.17, 15) is 9.59 Å². The average Bonchev–Trinajstić information content (AvgIpc) is 3.29. The number of thiophene rings is 1. The number of nitrogens with one attached hydrogen (secondary N) is 1. The van der Waals surface area contributed by atoms with Gasteiger partial charge in [0.25, 0.3) is 11.8 Å². The second-order valence-electron chi connectivity index (χ2n) is 6.72. The Morgan fingerprint density at radius 3 is 2.45 bits per heavy atom. The minimum atomic E-state index is -0.366. The van der Waals surface area contributed by atoms with Crippen molar-refractivity contribution in [3.8, 4) is 0 Å². The summed E-state index contributed by atoms with van der Waals surface area (Å²) in [6.45, 7) is 0. The van der Waals surface area contributed by atoms with Gasteiger partial charge in [0.2, 0.25) is 0 Å². The maximum atomic E-state index is 13.4. The highest BCUT2D eigenvalue weighted by molar-refractivity contribution is 9.10. The standard InChI is InChI=1S/C22H18BrN3O2S/c1-25(2)16-8-4-9-17(13-16)26-21(27)19(18-10-5-11-29-18)20(22(26)28)24-15-7-3-6-14(23)12-15/h3-13,24H,1-2H3. The summed E-state index contributed by atoms with van der Waals surface area (Å²) in [6, 6.07) is 18.6. The molecule has 0 saturated heterocycles. The highest BCUT2D eigenvalue weighted by Crippen LogP contribution is 2.36. The van der Waals surface area contributed by atoms with E-state index in [1.165, 1.54) is 16.2 Å². The van der Waals surface area contributed by atoms with Crippen LogP contribution in [0.5, 0.6) is 0 Å². The lowest BCUT2D eigenvalue weighted by molar-refractivity contribution is -0.120. The van der Waals surface area contributed by atoms with Gasteiger partial charge in [0.05, 0.1) is 11.3 Å². The van der Waals surface area contributed by atoms with Gasteiger partial charge in [-0.25, -0.2) is 4.90 Å². The molecule has 7 heteroatoms. The maximum Gasteiger partial charge on any atom is 0.282 e. The number of nitrogens with zero attached hydrogens (tertiary/aromatic N) is 2. The molecule has 1 aromatic heterocycles. The van der Waals surface area contributed by atoms with Crippen molar-refractivity contribution >= 4 is 61.7 Å². The van der Waals surface area contributed by atoms with Gasteiger partial charge < -0.3 is 10.2 Å². The molecule has 0 fully saturated rings. The monoisotopic (exact) mass is 467 g/mol. The molecule has 0 radical (unpaired) electrons. The van der Waals surface area contributed by atoms with Crippen molar-refractivity contribution in [2.75, 3.05) is 29.2 Å². The average molecular weight is 468 g/mol. The van der Waals surface area contributed by atoms with Gasteiger partial charge in [-0.3, -0.25) is 9.59 Å². The zero-order valence-corrected chi connectivity index (χ0v) is 18.3. The van der Waals surface area contributed by atoms with E-state index in [1.54, 1.807) is 6.07 Å². The Kier molecular flexibility index (Phi) is 5.25. The molecule has 1 aliphatic rings. The Bertz CT molecular complexity index is 1120. The number of hydrogen-bond acceptors (Lipinski definition) is 5. The highest BCUT2D eigenvalue weighted by atomic mass is 79.9. The SMILES string of the molecule is CN(C)c1cccc(N2C(=O)C(Nc3cccc(Br)c3)=C(c3cccs3)C2=O)c1. The molecule has 3 aromatic rings. The van der Waals surface area contributed by atoms with Crippen LogP contribution in [-0.4, -0.2) is 25.9 Å². The molecule has 5 nitrogen and oxygen atoms in total. The first-order valence-corrected chi connectivity index (χ1v) is 10.6. The third kappa shape index (κ3) is 3.71. The topological polar surface area (TPSA) is 52.6 Å². The molecule has 0 bridgehead atoms. The first-order valence-electron chi connectivity index (χ1n) is 8.92. The lowest BCUT2D eigenvalue weighted by Crippen LogP contribution is -2.32. The summed E-state index contributed by atoms with van der Waals surface area (Å²) < 4.78 is 0.882. The van der Waals surface area contributed by atoms with Gasteiger partial charge in [-0.2, -0.15) is 0 Å². The highest BCUT2D eigenvalue weighted by Gasteiger charge is 2.40. The van der Waals surface area contributed by atoms with Gasteiger partial charge in [-0.15, -0.1) is 11.3 Å². The van der Waals surface area contributed by atoms with Crippen LogP contribution in [0.15, 0.2) is 76.2 Å². The number of benzene rings is 2. The van der Waals surface area contributed by atoms with E-state index in [-0.39, 0.29) is 17.5 Å². The van der Waals surface area contributed by atoms with Crippen LogP contribution in [0.25, 0.3) is 5.57 Å². The van der Waals surface area contributed by atoms with Gasteiger partial charge >= 0.3 is 0 Å². The molecule has 1 aliphatic heterocycles. The van der Waals surface area contributed by atoms with E-state index in [1.807, 2.05) is 79.0 Å². The smallest absolute Gasteiger partial charge is 0.282 e. The maximum absolute atomic E-state index is 13.4. The molecule has 2 amide bonds. The van der Waals surface area contributed by atoms with E-state index in [2.05, 4.69) is 21.2 Å². The van der Waals surface area contributed by atoms with E-state index >= 15 is 0 Å². The summed E-state index contributed by atoms with van der Waals surface area (Å²) in [4.78, 5) is 30.6. The minimum absolute atomic E-state index is 0.283. The summed E-state index contributed by atoms with van der Waals surface area (Å²) in [7, 11) is 3.84. The molecule has 1 N–H and O–H groups in total. The second kappa shape index (κ2) is 7.85. The molecule has 2 aromatic carbocycles. The molecule has 29 heavy (non-hydrogen) atoms. The van der Waals surface area contributed by atoms with E-state index < -0.39 is 0 Å². The Morgan fingerprint density at radius 2 is 1.76 bits per heavy atom. The molecule has 0 aliphatic carbocycles. The molecule has 2 heterocycles. The van der Waals surface area contributed by atoms with Gasteiger partial charge in [0.1, 0.15) is 5.70 Å². The van der Waals surface area contributed by atoms with Crippen molar-refractivity contribution in [1.82, 2.24) is 0 Å². The summed E-state index contributed by atoms with van der Waals surface area (Å²) in [5, 5.41) is 5.07. The number of carbonyl (C=O) groups is 2. The molecule has 146 valence electrons. The van der Waals surface area contributed by atoms with Gasteiger partial charge in [-0.1, -0.05) is 34.1 Å². The molecule has 0 atom stereocenters. The largest absolute Gasteiger partial charge is 0.378 e. The van der Waals surface area contributed by atoms with Crippen molar-refractivity contribution in [2.24, 2.45) is 0 Å². The molecule has 0 spiro atoms. The number of halogens is 1. The zero-order valence-electron chi connectivity index (χ0n) is 15.8. The number of anilines is 3. The van der Waals surface area contributed by atoms with Crippen LogP contribution in [0.4, 0.5) is 17.1 Å². The summed E-state index contributed by atoms with van der Waals surface area (Å²) in [5.41, 5.74) is 2.86. The predicted molar refractivity (Wildman–Crippen MR) is 122 cm³/mol. The van der Waals surface area contributed by atoms with Crippen LogP contribution in [0.2, 0.25) is 0 Å². The van der Waals surface area contributed by atoms with Crippen LogP contribution in [0.3, 0.4) is 0 Å². The summed E-state index contributed by atoms with van der Waals surface area (Å²) in [5.74, 6) is -0.694. The van der Waals surface area contributed by atoms with E-state index in [0.29, 0.717) is 11.3 Å². The van der Waals surface area contributed by atoms with Crippen molar-refractivity contribution in [1.29, 1.82) is 0 Å². The Hall–Kier alpha value is -2.90. The van der Waals surface area contributed by atoms with Gasteiger partial charge in [-0.05, 0) is 47.8 Å². The molecule has 4 rings (SSSR count). The Balaban J connectivity index is 1.79. The molecule has 0 unspecified atom stereocenters. The first-order chi connectivity index (χ1) is 14.0. The number of imide groups is 1. The third-order valence-corrected chi connectivity index (χ3v) is 5.93. The van der Waals surface area contributed by atoms with Crippen molar-refractivity contribution in [2.45, 2.75) is 0 Å². The summed E-state index contributed by atoms with van der Waals surface area (Å²) >= 11 is 4.88. The lowest BCUT2D eigenvalue weighted by atomic mass is 10.2. The van der Waals surface area contributed by atoms with Crippen molar-refractivity contribution in [3.05, 3.63) is 81.1 Å². The Labute approximate surface area is 181 Å². The van der Waals surface area contributed by atoms with Crippen LogP contribution in [-0.2, 0) is 9.59 Å². The quantitative estimate of drug-likeness (QED) is 0.538. The molecular weight excluding hydrogens is 450 g/mol. The van der Waals surface area contributed by atoms with Crippen molar-refractivity contribution in [3.63, 3.8) is 0 Å². The Morgan fingerprint density at radius 1 is 0.966 bits per heavy atom. The third-order valence-electron chi connectivity index (χ3n) is 4.55.